The van der Waals surface area contributed by atoms with Crippen molar-refractivity contribution in [2.45, 2.75) is 44.8 Å². The Bertz CT molecular complexity index is 356. The summed E-state index contributed by atoms with van der Waals surface area (Å²) in [5, 5.41) is 4.37. The normalized spacial score (nSPS) is 19.2. The highest BCUT2D eigenvalue weighted by atomic mass is 32.1. The highest BCUT2D eigenvalue weighted by Gasteiger charge is 2.38. The van der Waals surface area contributed by atoms with Crippen molar-refractivity contribution in [1.29, 1.82) is 0 Å². The van der Waals surface area contributed by atoms with Crippen LogP contribution in [0.15, 0.2) is 0 Å². The summed E-state index contributed by atoms with van der Waals surface area (Å²) < 4.78 is 5.76. The minimum Gasteiger partial charge on any atom is -0.371 e. The van der Waals surface area contributed by atoms with Crippen LogP contribution in [0.2, 0.25) is 0 Å². The van der Waals surface area contributed by atoms with Crippen LogP contribution in [-0.4, -0.2) is 19.1 Å². The van der Waals surface area contributed by atoms with E-state index in [1.54, 1.807) is 11.3 Å². The molecule has 0 aromatic carbocycles. The van der Waals surface area contributed by atoms with E-state index < -0.39 is 0 Å². The van der Waals surface area contributed by atoms with Gasteiger partial charge >= 0.3 is 0 Å². The van der Waals surface area contributed by atoms with Gasteiger partial charge in [-0.15, -0.1) is 11.3 Å². The predicted octanol–water partition coefficient (Wildman–Crippen LogP) is 2.59. The Kier molecular flexibility index (Phi) is 3.62. The lowest BCUT2D eigenvalue weighted by molar-refractivity contribution is -0.00893. The Hall–Kier alpha value is -0.450. The van der Waals surface area contributed by atoms with E-state index in [9.17, 15) is 0 Å². The molecule has 1 aromatic heterocycles. The summed E-state index contributed by atoms with van der Waals surface area (Å²) in [6, 6.07) is 0. The van der Waals surface area contributed by atoms with Crippen LogP contribution in [-0.2, 0) is 16.9 Å². The van der Waals surface area contributed by atoms with E-state index in [2.05, 4.69) is 12.2 Å². The van der Waals surface area contributed by atoms with Gasteiger partial charge in [-0.25, -0.2) is 4.98 Å². The van der Waals surface area contributed by atoms with Gasteiger partial charge in [0.1, 0.15) is 10.6 Å². The molecule has 1 N–H and O–H groups in total. The number of methoxy groups -OCH3 is 1. The van der Waals surface area contributed by atoms with Crippen molar-refractivity contribution in [1.82, 2.24) is 10.3 Å². The Morgan fingerprint density at radius 3 is 2.69 bits per heavy atom. The van der Waals surface area contributed by atoms with Crippen LogP contribution >= 0.6 is 11.3 Å². The Balaban J connectivity index is 2.28. The monoisotopic (exact) mass is 240 g/mol. The second-order valence-electron chi connectivity index (χ2n) is 4.46. The number of ether oxygens (including phenoxy) is 1. The molecule has 1 aromatic rings. The zero-order valence-electron chi connectivity index (χ0n) is 10.3. The number of hydrogen-bond acceptors (Lipinski definition) is 4. The van der Waals surface area contributed by atoms with Gasteiger partial charge in [0.15, 0.2) is 0 Å². The Morgan fingerprint density at radius 2 is 2.12 bits per heavy atom. The van der Waals surface area contributed by atoms with E-state index >= 15 is 0 Å². The summed E-state index contributed by atoms with van der Waals surface area (Å²) in [5.41, 5.74) is 1.07. The van der Waals surface area contributed by atoms with Crippen LogP contribution in [0.4, 0.5) is 0 Å². The van der Waals surface area contributed by atoms with Gasteiger partial charge in [-0.3, -0.25) is 0 Å². The van der Waals surface area contributed by atoms with Gasteiger partial charge < -0.3 is 10.1 Å². The van der Waals surface area contributed by atoms with Gasteiger partial charge in [-0.2, -0.15) is 0 Å². The number of nitrogens with one attached hydrogen (secondary N) is 1. The van der Waals surface area contributed by atoms with Gasteiger partial charge in [0.2, 0.25) is 0 Å². The Morgan fingerprint density at radius 1 is 1.44 bits per heavy atom. The predicted molar refractivity (Wildman–Crippen MR) is 66.8 cm³/mol. The average molecular weight is 240 g/mol. The third-order valence-corrected chi connectivity index (χ3v) is 4.76. The summed E-state index contributed by atoms with van der Waals surface area (Å²) in [4.78, 5) is 6.04. The van der Waals surface area contributed by atoms with E-state index in [0.717, 1.165) is 25.1 Å². The smallest absolute Gasteiger partial charge is 0.125 e. The van der Waals surface area contributed by atoms with Gasteiger partial charge in [0.25, 0.3) is 0 Å². The van der Waals surface area contributed by atoms with Crippen LogP contribution in [0.5, 0.6) is 0 Å². The minimum absolute atomic E-state index is 0.0819. The SMILES string of the molecule is CNCc1sc(C2(OC)CCCC2)nc1C. The molecule has 1 heterocycles. The quantitative estimate of drug-likeness (QED) is 0.878. The third kappa shape index (κ3) is 2.01. The molecule has 0 saturated heterocycles. The number of hydrogen-bond donors (Lipinski definition) is 1. The molecule has 0 spiro atoms. The first kappa shape index (κ1) is 12.0. The lowest BCUT2D eigenvalue weighted by Crippen LogP contribution is -2.24. The number of nitrogens with zero attached hydrogens (tertiary/aromatic N) is 1. The lowest BCUT2D eigenvalue weighted by Gasteiger charge is -2.24. The van der Waals surface area contributed by atoms with E-state index in [4.69, 9.17) is 9.72 Å². The zero-order chi connectivity index (χ0) is 11.6. The summed E-state index contributed by atoms with van der Waals surface area (Å²) >= 11 is 1.81. The molecule has 1 aliphatic carbocycles. The highest BCUT2D eigenvalue weighted by molar-refractivity contribution is 7.11. The fourth-order valence-electron chi connectivity index (χ4n) is 2.40. The molecule has 3 nitrogen and oxygen atoms in total. The summed E-state index contributed by atoms with van der Waals surface area (Å²) in [6.45, 7) is 2.99. The maximum atomic E-state index is 5.76. The zero-order valence-corrected chi connectivity index (χ0v) is 11.1. The molecule has 0 radical (unpaired) electrons. The van der Waals surface area contributed by atoms with Crippen LogP contribution < -0.4 is 5.32 Å². The van der Waals surface area contributed by atoms with Crippen molar-refractivity contribution in [3.8, 4) is 0 Å². The number of aryl methyl sites for hydroxylation is 1. The topological polar surface area (TPSA) is 34.1 Å². The maximum absolute atomic E-state index is 5.76. The third-order valence-electron chi connectivity index (χ3n) is 3.42. The molecule has 1 fully saturated rings. The largest absolute Gasteiger partial charge is 0.371 e. The molecular formula is C12H20N2OS. The van der Waals surface area contributed by atoms with Crippen molar-refractivity contribution in [3.05, 3.63) is 15.6 Å². The second kappa shape index (κ2) is 4.82. The first-order valence-electron chi connectivity index (χ1n) is 5.88. The van der Waals surface area contributed by atoms with E-state index in [1.807, 2.05) is 14.2 Å². The van der Waals surface area contributed by atoms with Crippen molar-refractivity contribution >= 4 is 11.3 Å². The molecule has 1 aliphatic rings. The van der Waals surface area contributed by atoms with Crippen LogP contribution in [0.25, 0.3) is 0 Å². The standard InChI is InChI=1S/C12H20N2OS/c1-9-10(8-13-2)16-11(14-9)12(15-3)6-4-5-7-12/h13H,4-8H2,1-3H3. The highest BCUT2D eigenvalue weighted by Crippen LogP contribution is 2.43. The minimum atomic E-state index is -0.0819. The van der Waals surface area contributed by atoms with Crippen LogP contribution in [0.3, 0.4) is 0 Å². The molecule has 0 atom stereocenters. The Labute approximate surface area is 101 Å². The molecule has 90 valence electrons. The van der Waals surface area contributed by atoms with Crippen molar-refractivity contribution in [2.24, 2.45) is 0 Å². The number of rotatable bonds is 4. The first-order chi connectivity index (χ1) is 7.72. The van der Waals surface area contributed by atoms with E-state index in [-0.39, 0.29) is 5.60 Å². The lowest BCUT2D eigenvalue weighted by atomic mass is 10.0. The molecule has 16 heavy (non-hydrogen) atoms. The summed E-state index contributed by atoms with van der Waals surface area (Å²) in [5.74, 6) is 0. The average Bonchev–Trinajstić information content (AvgIpc) is 2.88. The molecule has 1 saturated carbocycles. The number of aromatic nitrogens is 1. The van der Waals surface area contributed by atoms with Gasteiger partial charge in [0.05, 0.1) is 5.69 Å². The summed E-state index contributed by atoms with van der Waals surface area (Å²) in [7, 11) is 3.79. The van der Waals surface area contributed by atoms with Crippen molar-refractivity contribution in [2.75, 3.05) is 14.2 Å². The maximum Gasteiger partial charge on any atom is 0.125 e. The van der Waals surface area contributed by atoms with Crippen molar-refractivity contribution in [3.63, 3.8) is 0 Å². The number of thiazole rings is 1. The molecule has 2 rings (SSSR count). The van der Waals surface area contributed by atoms with E-state index in [0.29, 0.717) is 0 Å². The van der Waals surface area contributed by atoms with Gasteiger partial charge in [-0.1, -0.05) is 12.8 Å². The molecular weight excluding hydrogens is 220 g/mol. The molecule has 0 amide bonds. The van der Waals surface area contributed by atoms with Gasteiger partial charge in [0, 0.05) is 18.5 Å². The first-order valence-corrected chi connectivity index (χ1v) is 6.70. The summed E-state index contributed by atoms with van der Waals surface area (Å²) in [6.07, 6.45) is 4.76. The molecule has 4 heteroatoms. The fourth-order valence-corrected chi connectivity index (χ4v) is 3.70. The second-order valence-corrected chi connectivity index (χ2v) is 5.55. The van der Waals surface area contributed by atoms with Crippen molar-refractivity contribution < 1.29 is 4.74 Å². The van der Waals surface area contributed by atoms with Crippen LogP contribution in [0, 0.1) is 6.92 Å². The molecule has 0 bridgehead atoms. The van der Waals surface area contributed by atoms with E-state index in [1.165, 1.54) is 22.7 Å². The molecule has 0 aliphatic heterocycles. The van der Waals surface area contributed by atoms with Gasteiger partial charge in [-0.05, 0) is 26.8 Å². The molecule has 0 unspecified atom stereocenters. The van der Waals surface area contributed by atoms with Crippen LogP contribution in [0.1, 0.15) is 41.3 Å². The fraction of sp³-hybridized carbons (Fsp3) is 0.750.